The van der Waals surface area contributed by atoms with Gasteiger partial charge in [-0.1, -0.05) is 23.7 Å². The molecule has 0 aromatic heterocycles. The fourth-order valence-electron chi connectivity index (χ4n) is 2.06. The second-order valence-corrected chi connectivity index (χ2v) is 4.53. The molecule has 92 valence electrons. The molecule has 1 fully saturated rings. The van der Waals surface area contributed by atoms with E-state index in [1.54, 1.807) is 12.1 Å². The van der Waals surface area contributed by atoms with Gasteiger partial charge in [-0.2, -0.15) is 0 Å². The van der Waals surface area contributed by atoms with Gasteiger partial charge in [-0.15, -0.1) is 0 Å². The molecule has 0 bridgehead atoms. The molecule has 1 atom stereocenters. The first kappa shape index (κ1) is 12.4. The maximum atomic E-state index is 11.0. The van der Waals surface area contributed by atoms with Crippen molar-refractivity contribution in [3.05, 3.63) is 34.9 Å². The van der Waals surface area contributed by atoms with Gasteiger partial charge in [0.15, 0.2) is 0 Å². The van der Waals surface area contributed by atoms with Crippen LogP contribution in [0.25, 0.3) is 0 Å². The Hall–Kier alpha value is -1.10. The summed E-state index contributed by atoms with van der Waals surface area (Å²) in [6, 6.07) is 7.13. The summed E-state index contributed by atoms with van der Waals surface area (Å²) < 4.78 is 5.72. The average molecular weight is 256 g/mol. The summed E-state index contributed by atoms with van der Waals surface area (Å²) >= 11 is 5.83. The normalized spacial score (nSPS) is 24.5. The molecule has 0 radical (unpaired) electrons. The molecule has 0 amide bonds. The summed E-state index contributed by atoms with van der Waals surface area (Å²) in [7, 11) is 0. The molecule has 4 nitrogen and oxygen atoms in total. The lowest BCUT2D eigenvalue weighted by atomic mass is 9.89. The minimum absolute atomic E-state index is 0.0539. The van der Waals surface area contributed by atoms with E-state index in [-0.39, 0.29) is 6.42 Å². The highest BCUT2D eigenvalue weighted by atomic mass is 35.5. The van der Waals surface area contributed by atoms with E-state index < -0.39 is 11.6 Å². The minimum Gasteiger partial charge on any atom is -0.481 e. The number of halogens is 1. The number of carboxylic acid groups (broad SMARTS) is 1. The minimum atomic E-state index is -0.872. The van der Waals surface area contributed by atoms with Gasteiger partial charge in [0.05, 0.1) is 13.0 Å². The summed E-state index contributed by atoms with van der Waals surface area (Å²) in [5.74, 6) is -0.872. The summed E-state index contributed by atoms with van der Waals surface area (Å²) in [6.45, 7) is 1.76. The highest BCUT2D eigenvalue weighted by Crippen LogP contribution is 2.31. The van der Waals surface area contributed by atoms with Crippen LogP contribution in [0.2, 0.25) is 5.02 Å². The number of aliphatic carboxylic acids is 1. The number of ether oxygens (including phenoxy) is 1. The van der Waals surface area contributed by atoms with Gasteiger partial charge in [-0.25, -0.2) is 0 Å². The zero-order valence-corrected chi connectivity index (χ0v) is 10.0. The lowest BCUT2D eigenvalue weighted by molar-refractivity contribution is -0.149. The van der Waals surface area contributed by atoms with Gasteiger partial charge in [0.2, 0.25) is 0 Å². The zero-order valence-electron chi connectivity index (χ0n) is 9.28. The van der Waals surface area contributed by atoms with E-state index in [4.69, 9.17) is 21.4 Å². The zero-order chi connectivity index (χ0) is 12.3. The van der Waals surface area contributed by atoms with Crippen LogP contribution in [-0.2, 0) is 15.1 Å². The molecular weight excluding hydrogens is 242 g/mol. The predicted molar refractivity (Wildman–Crippen MR) is 64.2 cm³/mol. The molecule has 1 saturated heterocycles. The van der Waals surface area contributed by atoms with Gasteiger partial charge in [-0.05, 0) is 17.7 Å². The summed E-state index contributed by atoms with van der Waals surface area (Å²) in [5, 5.41) is 12.8. The first-order valence-corrected chi connectivity index (χ1v) is 5.83. The maximum Gasteiger partial charge on any atom is 0.306 e. The molecule has 2 N–H and O–H groups in total. The van der Waals surface area contributed by atoms with Crippen LogP contribution in [0.4, 0.5) is 0 Å². The van der Waals surface area contributed by atoms with Crippen LogP contribution in [0.5, 0.6) is 0 Å². The molecule has 0 spiro atoms. The Morgan fingerprint density at radius 3 is 2.71 bits per heavy atom. The molecule has 1 aromatic rings. The molecule has 1 aliphatic rings. The Morgan fingerprint density at radius 1 is 1.47 bits per heavy atom. The van der Waals surface area contributed by atoms with E-state index in [0.29, 0.717) is 18.2 Å². The molecule has 0 saturated carbocycles. The average Bonchev–Trinajstić information content (AvgIpc) is 2.30. The highest BCUT2D eigenvalue weighted by Gasteiger charge is 2.37. The first-order chi connectivity index (χ1) is 8.12. The van der Waals surface area contributed by atoms with Gasteiger partial charge >= 0.3 is 5.97 Å². The molecule has 17 heavy (non-hydrogen) atoms. The lowest BCUT2D eigenvalue weighted by Crippen LogP contribution is -2.48. The molecule has 2 rings (SSSR count). The van der Waals surface area contributed by atoms with Crippen LogP contribution in [0.3, 0.4) is 0 Å². The molecular formula is C12H14ClNO3. The van der Waals surface area contributed by atoms with Crippen molar-refractivity contribution in [1.29, 1.82) is 0 Å². The Bertz CT molecular complexity index is 399. The summed E-state index contributed by atoms with van der Waals surface area (Å²) in [5.41, 5.74) is 0.0609. The smallest absolute Gasteiger partial charge is 0.306 e. The summed E-state index contributed by atoms with van der Waals surface area (Å²) in [4.78, 5) is 11.0. The van der Waals surface area contributed by atoms with Crippen LogP contribution in [0, 0.1) is 0 Å². The second-order valence-electron chi connectivity index (χ2n) is 4.10. The number of carboxylic acids is 1. The van der Waals surface area contributed by atoms with Gasteiger partial charge in [0.25, 0.3) is 0 Å². The first-order valence-electron chi connectivity index (χ1n) is 5.45. The SMILES string of the molecule is O=C(O)CC1(c2ccc(Cl)cc2)CNCCO1. The number of hydrogen-bond acceptors (Lipinski definition) is 3. The molecule has 5 heteroatoms. The van der Waals surface area contributed by atoms with Gasteiger partial charge in [0, 0.05) is 18.1 Å². The fourth-order valence-corrected chi connectivity index (χ4v) is 2.18. The number of benzene rings is 1. The van der Waals surface area contributed by atoms with E-state index in [9.17, 15) is 4.79 Å². The Balaban J connectivity index is 2.31. The monoisotopic (exact) mass is 255 g/mol. The second kappa shape index (κ2) is 5.04. The summed E-state index contributed by atoms with van der Waals surface area (Å²) in [6.07, 6.45) is -0.0539. The van der Waals surface area contributed by atoms with E-state index in [1.807, 2.05) is 12.1 Å². The number of rotatable bonds is 3. The third kappa shape index (κ3) is 2.77. The van der Waals surface area contributed by atoms with Gasteiger partial charge in [0.1, 0.15) is 5.60 Å². The molecule has 1 unspecified atom stereocenters. The Morgan fingerprint density at radius 2 is 2.18 bits per heavy atom. The lowest BCUT2D eigenvalue weighted by Gasteiger charge is -2.37. The molecule has 1 aliphatic heterocycles. The number of hydrogen-bond donors (Lipinski definition) is 2. The van der Waals surface area contributed by atoms with E-state index in [0.717, 1.165) is 12.1 Å². The van der Waals surface area contributed by atoms with Crippen molar-refractivity contribution >= 4 is 17.6 Å². The van der Waals surface area contributed by atoms with Crippen molar-refractivity contribution < 1.29 is 14.6 Å². The third-order valence-corrected chi connectivity index (χ3v) is 3.13. The third-order valence-electron chi connectivity index (χ3n) is 2.87. The molecule has 1 aromatic carbocycles. The van der Waals surface area contributed by atoms with E-state index >= 15 is 0 Å². The highest BCUT2D eigenvalue weighted by molar-refractivity contribution is 6.30. The van der Waals surface area contributed by atoms with Crippen molar-refractivity contribution in [3.8, 4) is 0 Å². The van der Waals surface area contributed by atoms with Gasteiger partial charge < -0.3 is 15.2 Å². The van der Waals surface area contributed by atoms with Crippen LogP contribution in [0.1, 0.15) is 12.0 Å². The number of carbonyl (C=O) groups is 1. The fraction of sp³-hybridized carbons (Fsp3) is 0.417. The Labute approximate surface area is 105 Å². The standard InChI is InChI=1S/C12H14ClNO3/c13-10-3-1-9(2-4-10)12(7-11(15)16)8-14-5-6-17-12/h1-4,14H,5-8H2,(H,15,16). The van der Waals surface area contributed by atoms with Crippen LogP contribution in [-0.4, -0.2) is 30.8 Å². The largest absolute Gasteiger partial charge is 0.481 e. The Kier molecular flexibility index (Phi) is 3.66. The van der Waals surface area contributed by atoms with Crippen molar-refractivity contribution in [2.45, 2.75) is 12.0 Å². The quantitative estimate of drug-likeness (QED) is 0.862. The predicted octanol–water partition coefficient (Wildman–Crippen LogP) is 1.63. The van der Waals surface area contributed by atoms with E-state index in [1.165, 1.54) is 0 Å². The van der Waals surface area contributed by atoms with Crippen LogP contribution < -0.4 is 5.32 Å². The topological polar surface area (TPSA) is 58.6 Å². The maximum absolute atomic E-state index is 11.0. The van der Waals surface area contributed by atoms with Crippen molar-refractivity contribution in [2.24, 2.45) is 0 Å². The number of nitrogens with one attached hydrogen (secondary N) is 1. The van der Waals surface area contributed by atoms with Crippen LogP contribution >= 0.6 is 11.6 Å². The van der Waals surface area contributed by atoms with Crippen molar-refractivity contribution in [3.63, 3.8) is 0 Å². The molecule has 1 heterocycles. The van der Waals surface area contributed by atoms with Crippen molar-refractivity contribution in [1.82, 2.24) is 5.32 Å². The van der Waals surface area contributed by atoms with Crippen molar-refractivity contribution in [2.75, 3.05) is 19.7 Å². The van der Waals surface area contributed by atoms with Crippen LogP contribution in [0.15, 0.2) is 24.3 Å². The van der Waals surface area contributed by atoms with E-state index in [2.05, 4.69) is 5.32 Å². The van der Waals surface area contributed by atoms with Gasteiger partial charge in [-0.3, -0.25) is 4.79 Å². The number of morpholine rings is 1. The molecule has 0 aliphatic carbocycles.